The number of aliphatic carboxylic acids is 1. The zero-order chi connectivity index (χ0) is 28.7. The molecule has 7 N–H and O–H groups in total. The molecule has 0 aliphatic carbocycles. The van der Waals surface area contributed by atoms with Crippen LogP contribution in [0.15, 0.2) is 0 Å². The Labute approximate surface area is 225 Å². The van der Waals surface area contributed by atoms with Gasteiger partial charge in [0.2, 0.25) is 23.6 Å². The van der Waals surface area contributed by atoms with E-state index in [1.54, 1.807) is 0 Å². The Bertz CT molecular complexity index is 766. The molecule has 0 unspecified atom stereocenters. The summed E-state index contributed by atoms with van der Waals surface area (Å²) in [7, 11) is 0. The first-order chi connectivity index (χ1) is 17.3. The molecule has 0 aromatic heterocycles. The second-order valence-electron chi connectivity index (χ2n) is 9.93. The molecule has 0 heterocycles. The van der Waals surface area contributed by atoms with Crippen LogP contribution in [-0.4, -0.2) is 77.4 Å². The molecule has 0 rings (SSSR count). The van der Waals surface area contributed by atoms with Crippen LogP contribution in [0.5, 0.6) is 0 Å². The van der Waals surface area contributed by atoms with Gasteiger partial charge in [0.05, 0.1) is 12.6 Å². The fourth-order valence-electron chi connectivity index (χ4n) is 3.45. The summed E-state index contributed by atoms with van der Waals surface area (Å²) in [6, 6.07) is -3.65. The largest absolute Gasteiger partial charge is 0.480 e. The molecule has 0 aromatic rings. The minimum absolute atomic E-state index is 0.0415. The molecule has 0 bridgehead atoms. The minimum atomic E-state index is -1.14. The summed E-state index contributed by atoms with van der Waals surface area (Å²) < 4.78 is 0. The molecule has 0 saturated carbocycles. The van der Waals surface area contributed by atoms with Crippen LogP contribution in [0.4, 0.5) is 0 Å². The van der Waals surface area contributed by atoms with Gasteiger partial charge in [0.25, 0.3) is 0 Å². The molecule has 6 atom stereocenters. The quantitative estimate of drug-likeness (QED) is 0.147. The number of nitrogens with two attached hydrogens (primary N) is 1. The lowest BCUT2D eigenvalue weighted by Gasteiger charge is -2.27. The number of hydrogen-bond acceptors (Lipinski definition) is 7. The van der Waals surface area contributed by atoms with E-state index in [0.717, 1.165) is 0 Å². The highest BCUT2D eigenvalue weighted by atomic mass is 32.2. The lowest BCUT2D eigenvalue weighted by molar-refractivity contribution is -0.142. The molecule has 11 nitrogen and oxygen atoms in total. The number of carbonyl (C=O) groups is 5. The van der Waals surface area contributed by atoms with E-state index in [0.29, 0.717) is 25.0 Å². The van der Waals surface area contributed by atoms with Crippen LogP contribution in [0.3, 0.4) is 0 Å². The predicted molar refractivity (Wildman–Crippen MR) is 146 cm³/mol. The highest BCUT2D eigenvalue weighted by Gasteiger charge is 2.30. The predicted octanol–water partition coefficient (Wildman–Crippen LogP) is 0.860. The lowest BCUT2D eigenvalue weighted by Crippen LogP contribution is -2.57. The fourth-order valence-corrected chi connectivity index (χ4v) is 3.93. The van der Waals surface area contributed by atoms with Crippen LogP contribution < -0.4 is 27.0 Å². The smallest absolute Gasteiger partial charge is 0.326 e. The van der Waals surface area contributed by atoms with Crippen molar-refractivity contribution in [3.63, 3.8) is 0 Å². The number of thioether (sulfide) groups is 1. The number of nitrogens with one attached hydrogen (secondary N) is 4. The molecule has 37 heavy (non-hydrogen) atoms. The Kier molecular flexibility index (Phi) is 16.9. The first-order valence-corrected chi connectivity index (χ1v) is 14.3. The molecule has 0 aliphatic heterocycles. The summed E-state index contributed by atoms with van der Waals surface area (Å²) in [6.45, 7) is 10.8. The van der Waals surface area contributed by atoms with Crippen molar-refractivity contribution in [2.45, 2.75) is 91.4 Å². The average Bonchev–Trinajstić information content (AvgIpc) is 2.85. The van der Waals surface area contributed by atoms with Gasteiger partial charge in [0.15, 0.2) is 0 Å². The van der Waals surface area contributed by atoms with Crippen molar-refractivity contribution in [2.75, 3.05) is 18.6 Å². The standard InChI is InChI=1S/C25H47N5O6S/c1-8-15(5)20(26)23(33)30-21(16(6)9-2)24(34)27-13-19(31)28-18(12-14(3)4)22(32)29-17(25(35)36)10-11-37-7/h14-18,20-21H,8-13,26H2,1-7H3,(H,27,34)(H,28,31)(H,29,32)(H,30,33)(H,35,36)/t15-,16-,17-,18-,20-,21-/m0/s1. The first-order valence-electron chi connectivity index (χ1n) is 12.9. The van der Waals surface area contributed by atoms with Gasteiger partial charge >= 0.3 is 5.97 Å². The van der Waals surface area contributed by atoms with Gasteiger partial charge in [-0.2, -0.15) is 11.8 Å². The van der Waals surface area contributed by atoms with Gasteiger partial charge in [-0.25, -0.2) is 4.79 Å². The van der Waals surface area contributed by atoms with Gasteiger partial charge in [0, 0.05) is 0 Å². The molecule has 0 aromatic carbocycles. The summed E-state index contributed by atoms with van der Waals surface area (Å²) in [5, 5.41) is 19.7. The Morgan fingerprint density at radius 2 is 1.43 bits per heavy atom. The van der Waals surface area contributed by atoms with E-state index in [1.807, 2.05) is 47.8 Å². The van der Waals surface area contributed by atoms with Gasteiger partial charge in [0.1, 0.15) is 18.1 Å². The SMILES string of the molecule is CC[C@H](C)[C@H](N)C(=O)N[C@H](C(=O)NCC(=O)N[C@@H](CC(C)C)C(=O)N[C@@H](CCSC)C(=O)O)[C@@H](C)CC. The Hall–Kier alpha value is -2.34. The van der Waals surface area contributed by atoms with E-state index in [1.165, 1.54) is 11.8 Å². The van der Waals surface area contributed by atoms with E-state index in [4.69, 9.17) is 5.73 Å². The third kappa shape index (κ3) is 13.1. The average molecular weight is 546 g/mol. The first kappa shape index (κ1) is 34.7. The van der Waals surface area contributed by atoms with Gasteiger partial charge in [-0.05, 0) is 42.6 Å². The monoisotopic (exact) mass is 545 g/mol. The number of carbonyl (C=O) groups excluding carboxylic acids is 4. The summed E-state index contributed by atoms with van der Waals surface area (Å²) in [6.07, 6.45) is 3.71. The number of rotatable bonds is 18. The molecule has 0 fully saturated rings. The number of hydrogen-bond donors (Lipinski definition) is 6. The van der Waals surface area contributed by atoms with Crippen molar-refractivity contribution in [3.8, 4) is 0 Å². The zero-order valence-electron chi connectivity index (χ0n) is 23.3. The maximum Gasteiger partial charge on any atom is 0.326 e. The van der Waals surface area contributed by atoms with Crippen LogP contribution in [-0.2, 0) is 24.0 Å². The lowest BCUT2D eigenvalue weighted by atomic mass is 9.95. The highest BCUT2D eigenvalue weighted by Crippen LogP contribution is 2.11. The second-order valence-corrected chi connectivity index (χ2v) is 10.9. The number of carboxylic acid groups (broad SMARTS) is 1. The molecule has 12 heteroatoms. The molecule has 0 saturated heterocycles. The normalized spacial score (nSPS) is 16.0. The van der Waals surface area contributed by atoms with E-state index in [9.17, 15) is 29.1 Å². The summed E-state index contributed by atoms with van der Waals surface area (Å²) in [5.41, 5.74) is 6.00. The van der Waals surface area contributed by atoms with Crippen LogP contribution in [0, 0.1) is 17.8 Å². The molecular weight excluding hydrogens is 498 g/mol. The van der Waals surface area contributed by atoms with Crippen LogP contribution >= 0.6 is 11.8 Å². The third-order valence-corrected chi connectivity index (χ3v) is 7.00. The van der Waals surface area contributed by atoms with Crippen LogP contribution in [0.25, 0.3) is 0 Å². The number of amides is 4. The topological polar surface area (TPSA) is 180 Å². The zero-order valence-corrected chi connectivity index (χ0v) is 24.1. The van der Waals surface area contributed by atoms with E-state index < -0.39 is 60.3 Å². The summed E-state index contributed by atoms with van der Waals surface area (Å²) >= 11 is 1.47. The summed E-state index contributed by atoms with van der Waals surface area (Å²) in [4.78, 5) is 62.3. The Morgan fingerprint density at radius 1 is 0.838 bits per heavy atom. The van der Waals surface area contributed by atoms with Crippen molar-refractivity contribution in [2.24, 2.45) is 23.5 Å². The van der Waals surface area contributed by atoms with Gasteiger partial charge < -0.3 is 32.1 Å². The maximum atomic E-state index is 12.9. The van der Waals surface area contributed by atoms with E-state index in [-0.39, 0.29) is 24.2 Å². The molecular formula is C25H47N5O6S. The maximum absolute atomic E-state index is 12.9. The minimum Gasteiger partial charge on any atom is -0.480 e. The Balaban J connectivity index is 5.25. The van der Waals surface area contributed by atoms with Crippen LogP contribution in [0.2, 0.25) is 0 Å². The van der Waals surface area contributed by atoms with Crippen molar-refractivity contribution < 1.29 is 29.1 Å². The van der Waals surface area contributed by atoms with Gasteiger partial charge in [-0.15, -0.1) is 0 Å². The Morgan fingerprint density at radius 3 is 1.92 bits per heavy atom. The van der Waals surface area contributed by atoms with Gasteiger partial charge in [-0.1, -0.05) is 54.4 Å². The van der Waals surface area contributed by atoms with Crippen molar-refractivity contribution in [1.29, 1.82) is 0 Å². The molecule has 0 aliphatic rings. The third-order valence-electron chi connectivity index (χ3n) is 6.36. The molecule has 0 radical (unpaired) electrons. The van der Waals surface area contributed by atoms with Crippen LogP contribution in [0.1, 0.15) is 67.2 Å². The number of carboxylic acids is 1. The van der Waals surface area contributed by atoms with E-state index in [2.05, 4.69) is 21.3 Å². The van der Waals surface area contributed by atoms with Crippen molar-refractivity contribution in [1.82, 2.24) is 21.3 Å². The molecule has 214 valence electrons. The molecule has 4 amide bonds. The highest BCUT2D eigenvalue weighted by molar-refractivity contribution is 7.98. The summed E-state index contributed by atoms with van der Waals surface area (Å²) in [5.74, 6) is -2.96. The molecule has 0 spiro atoms. The van der Waals surface area contributed by atoms with Gasteiger partial charge in [-0.3, -0.25) is 19.2 Å². The second kappa shape index (κ2) is 18.0. The van der Waals surface area contributed by atoms with E-state index >= 15 is 0 Å². The van der Waals surface area contributed by atoms with Crippen molar-refractivity contribution >= 4 is 41.4 Å². The fraction of sp³-hybridized carbons (Fsp3) is 0.800. The van der Waals surface area contributed by atoms with Crippen molar-refractivity contribution in [3.05, 3.63) is 0 Å².